The van der Waals surface area contributed by atoms with Gasteiger partial charge in [0, 0.05) is 4.88 Å². The summed E-state index contributed by atoms with van der Waals surface area (Å²) in [4.78, 5) is 15.9. The SMILES string of the molecule is CCCC(Nc1cc([N+](=O)[O-])cc(NN)n1)c1cccs1. The number of nitrogens with one attached hydrogen (secondary N) is 2. The summed E-state index contributed by atoms with van der Waals surface area (Å²) >= 11 is 1.65. The van der Waals surface area contributed by atoms with Crippen molar-refractivity contribution < 1.29 is 4.92 Å². The van der Waals surface area contributed by atoms with E-state index in [1.165, 1.54) is 17.0 Å². The minimum absolute atomic E-state index is 0.0538. The van der Waals surface area contributed by atoms with Gasteiger partial charge in [-0.05, 0) is 17.9 Å². The van der Waals surface area contributed by atoms with Crippen LogP contribution < -0.4 is 16.6 Å². The number of hydrogen-bond donors (Lipinski definition) is 3. The lowest BCUT2D eigenvalue weighted by atomic mass is 10.1. The highest BCUT2D eigenvalue weighted by molar-refractivity contribution is 7.10. The topological polar surface area (TPSA) is 106 Å². The molecule has 21 heavy (non-hydrogen) atoms. The Labute approximate surface area is 126 Å². The highest BCUT2D eigenvalue weighted by Gasteiger charge is 2.16. The van der Waals surface area contributed by atoms with Gasteiger partial charge < -0.3 is 10.7 Å². The molecule has 2 rings (SSSR count). The van der Waals surface area contributed by atoms with Crippen molar-refractivity contribution in [1.29, 1.82) is 0 Å². The highest BCUT2D eigenvalue weighted by Crippen LogP contribution is 2.29. The van der Waals surface area contributed by atoms with Gasteiger partial charge in [-0.2, -0.15) is 0 Å². The molecule has 1 unspecified atom stereocenters. The lowest BCUT2D eigenvalue weighted by Gasteiger charge is -2.17. The van der Waals surface area contributed by atoms with Gasteiger partial charge in [0.15, 0.2) is 0 Å². The molecule has 4 N–H and O–H groups in total. The molecule has 1 atom stereocenters. The monoisotopic (exact) mass is 307 g/mol. The smallest absolute Gasteiger partial charge is 0.276 e. The largest absolute Gasteiger partial charge is 0.362 e. The van der Waals surface area contributed by atoms with Crippen LogP contribution in [0, 0.1) is 10.1 Å². The van der Waals surface area contributed by atoms with Gasteiger partial charge in [0.05, 0.1) is 23.1 Å². The van der Waals surface area contributed by atoms with Crippen molar-refractivity contribution in [1.82, 2.24) is 4.98 Å². The van der Waals surface area contributed by atoms with Crippen LogP contribution in [-0.4, -0.2) is 9.91 Å². The maximum absolute atomic E-state index is 10.9. The molecule has 0 aromatic carbocycles. The van der Waals surface area contributed by atoms with E-state index in [1.54, 1.807) is 11.3 Å². The van der Waals surface area contributed by atoms with E-state index >= 15 is 0 Å². The van der Waals surface area contributed by atoms with Crippen LogP contribution in [0.25, 0.3) is 0 Å². The zero-order chi connectivity index (χ0) is 15.2. The number of anilines is 2. The van der Waals surface area contributed by atoms with Crippen LogP contribution in [0.3, 0.4) is 0 Å². The molecule has 2 heterocycles. The summed E-state index contributed by atoms with van der Waals surface area (Å²) in [5.41, 5.74) is 2.30. The van der Waals surface area contributed by atoms with Gasteiger partial charge in [0.2, 0.25) is 0 Å². The zero-order valence-corrected chi connectivity index (χ0v) is 12.4. The normalized spacial score (nSPS) is 11.9. The van der Waals surface area contributed by atoms with Crippen molar-refractivity contribution in [3.05, 3.63) is 44.6 Å². The molecule has 0 fully saturated rings. The van der Waals surface area contributed by atoms with Gasteiger partial charge in [-0.1, -0.05) is 19.4 Å². The average Bonchev–Trinajstić information content (AvgIpc) is 3.00. The first-order chi connectivity index (χ1) is 10.1. The van der Waals surface area contributed by atoms with Crippen molar-refractivity contribution in [2.45, 2.75) is 25.8 Å². The highest BCUT2D eigenvalue weighted by atomic mass is 32.1. The molecule has 112 valence electrons. The van der Waals surface area contributed by atoms with Gasteiger partial charge in [0.1, 0.15) is 11.6 Å². The standard InChI is InChI=1S/C13H17N5O2S/c1-2-4-10(11-5-3-6-21-11)15-12-7-9(18(19)20)8-13(16-12)17-14/h3,5-8,10H,2,4,14H2,1H3,(H2,15,16,17). The van der Waals surface area contributed by atoms with Gasteiger partial charge in [-0.3, -0.25) is 10.1 Å². The van der Waals surface area contributed by atoms with Crippen LogP contribution >= 0.6 is 11.3 Å². The number of nitrogens with two attached hydrogens (primary N) is 1. The third-order valence-corrected chi connectivity index (χ3v) is 3.94. The van der Waals surface area contributed by atoms with Crippen LogP contribution in [0.2, 0.25) is 0 Å². The van der Waals surface area contributed by atoms with Crippen LogP contribution in [0.15, 0.2) is 29.6 Å². The molecular formula is C13H17N5O2S. The van der Waals surface area contributed by atoms with Gasteiger partial charge in [-0.15, -0.1) is 11.3 Å². The van der Waals surface area contributed by atoms with Crippen LogP contribution in [-0.2, 0) is 0 Å². The number of thiophene rings is 1. The predicted molar refractivity (Wildman–Crippen MR) is 84.3 cm³/mol. The van der Waals surface area contributed by atoms with Crippen LogP contribution in [0.1, 0.15) is 30.7 Å². The second-order valence-corrected chi connectivity index (χ2v) is 5.48. The number of hydrogen-bond acceptors (Lipinski definition) is 7. The molecule has 0 spiro atoms. The van der Waals surface area contributed by atoms with Crippen molar-refractivity contribution in [2.24, 2.45) is 5.84 Å². The maximum Gasteiger partial charge on any atom is 0.276 e. The summed E-state index contributed by atoms with van der Waals surface area (Å²) < 4.78 is 0. The van der Waals surface area contributed by atoms with Crippen LogP contribution in [0.5, 0.6) is 0 Å². The number of rotatable bonds is 7. The molecular weight excluding hydrogens is 290 g/mol. The second kappa shape index (κ2) is 7.00. The molecule has 8 heteroatoms. The maximum atomic E-state index is 10.9. The number of nitrogens with zero attached hydrogens (tertiary/aromatic N) is 2. The second-order valence-electron chi connectivity index (χ2n) is 4.50. The number of pyridine rings is 1. The summed E-state index contributed by atoms with van der Waals surface area (Å²) in [7, 11) is 0. The van der Waals surface area contributed by atoms with E-state index in [-0.39, 0.29) is 17.5 Å². The van der Waals surface area contributed by atoms with Crippen molar-refractivity contribution >= 4 is 28.7 Å². The summed E-state index contributed by atoms with van der Waals surface area (Å²) in [5.74, 6) is 6.00. The van der Waals surface area contributed by atoms with Gasteiger partial charge in [0.25, 0.3) is 5.69 Å². The Kier molecular flexibility index (Phi) is 5.07. The quantitative estimate of drug-likeness (QED) is 0.412. The van der Waals surface area contributed by atoms with E-state index < -0.39 is 4.92 Å². The summed E-state index contributed by atoms with van der Waals surface area (Å²) in [6.07, 6.45) is 1.91. The molecule has 0 saturated heterocycles. The molecule has 0 saturated carbocycles. The van der Waals surface area contributed by atoms with Gasteiger partial charge in [-0.25, -0.2) is 10.8 Å². The zero-order valence-electron chi connectivity index (χ0n) is 11.6. The lowest BCUT2D eigenvalue weighted by molar-refractivity contribution is -0.384. The van der Waals surface area contributed by atoms with Crippen molar-refractivity contribution in [2.75, 3.05) is 10.7 Å². The number of nitrogen functional groups attached to an aromatic ring is 1. The number of aromatic nitrogens is 1. The van der Waals surface area contributed by atoms with E-state index in [9.17, 15) is 10.1 Å². The Morgan fingerprint density at radius 1 is 1.48 bits per heavy atom. The van der Waals surface area contributed by atoms with Crippen LogP contribution in [0.4, 0.5) is 17.3 Å². The predicted octanol–water partition coefficient (Wildman–Crippen LogP) is 3.29. The van der Waals surface area contributed by atoms with E-state index in [2.05, 4.69) is 22.7 Å². The fourth-order valence-electron chi connectivity index (χ4n) is 2.01. The summed E-state index contributed by atoms with van der Waals surface area (Å²) in [5, 5.41) is 16.2. The first-order valence-electron chi connectivity index (χ1n) is 6.57. The van der Waals surface area contributed by atoms with Crippen molar-refractivity contribution in [3.63, 3.8) is 0 Å². The molecule has 0 radical (unpaired) electrons. The molecule has 0 amide bonds. The third-order valence-electron chi connectivity index (χ3n) is 2.95. The summed E-state index contributed by atoms with van der Waals surface area (Å²) in [6.45, 7) is 2.09. The Morgan fingerprint density at radius 3 is 2.81 bits per heavy atom. The molecule has 0 aliphatic heterocycles. The molecule has 0 bridgehead atoms. The van der Waals surface area contributed by atoms with E-state index in [0.29, 0.717) is 5.82 Å². The lowest BCUT2D eigenvalue weighted by Crippen LogP contribution is -2.13. The Morgan fingerprint density at radius 2 is 2.24 bits per heavy atom. The van der Waals surface area contributed by atoms with Crippen molar-refractivity contribution in [3.8, 4) is 0 Å². The summed E-state index contributed by atoms with van der Waals surface area (Å²) in [6, 6.07) is 6.81. The Balaban J connectivity index is 2.27. The van der Waals surface area contributed by atoms with E-state index in [0.717, 1.165) is 12.8 Å². The Bertz CT molecular complexity index is 603. The number of nitro groups is 1. The first-order valence-corrected chi connectivity index (χ1v) is 7.45. The fourth-order valence-corrected chi connectivity index (χ4v) is 2.82. The number of hydrazine groups is 1. The minimum atomic E-state index is -0.465. The molecule has 0 aliphatic rings. The minimum Gasteiger partial charge on any atom is -0.362 e. The first kappa shape index (κ1) is 15.2. The van der Waals surface area contributed by atoms with E-state index in [1.807, 2.05) is 17.5 Å². The molecule has 2 aromatic rings. The molecule has 7 nitrogen and oxygen atoms in total. The third kappa shape index (κ3) is 3.89. The van der Waals surface area contributed by atoms with Gasteiger partial charge >= 0.3 is 0 Å². The Hall–Kier alpha value is -2.19. The molecule has 0 aliphatic carbocycles. The van der Waals surface area contributed by atoms with E-state index in [4.69, 9.17) is 5.84 Å². The fraction of sp³-hybridized carbons (Fsp3) is 0.308. The molecule has 2 aromatic heterocycles. The average molecular weight is 307 g/mol.